The van der Waals surface area contributed by atoms with E-state index < -0.39 is 0 Å². The first-order chi connectivity index (χ1) is 8.34. The molecule has 0 aliphatic rings. The third-order valence-corrected chi connectivity index (χ3v) is 2.10. The molecule has 86 valence electrons. The van der Waals surface area contributed by atoms with E-state index >= 15 is 0 Å². The van der Waals surface area contributed by atoms with Crippen molar-refractivity contribution in [3.05, 3.63) is 54.9 Å². The lowest BCUT2D eigenvalue weighted by atomic mass is 10.3. The van der Waals surface area contributed by atoms with E-state index in [9.17, 15) is 4.79 Å². The third-order valence-electron chi connectivity index (χ3n) is 2.10. The van der Waals surface area contributed by atoms with Gasteiger partial charge in [-0.25, -0.2) is 4.98 Å². The Morgan fingerprint density at radius 1 is 1.18 bits per heavy atom. The number of nitrogens with one attached hydrogen (secondary N) is 2. The van der Waals surface area contributed by atoms with E-state index in [1.54, 1.807) is 18.5 Å². The lowest BCUT2D eigenvalue weighted by Gasteiger charge is -2.05. The summed E-state index contributed by atoms with van der Waals surface area (Å²) < 4.78 is 5.32. The van der Waals surface area contributed by atoms with Crippen LogP contribution >= 0.6 is 0 Å². The van der Waals surface area contributed by atoms with Crippen molar-refractivity contribution >= 4 is 11.6 Å². The van der Waals surface area contributed by atoms with Gasteiger partial charge in [-0.2, -0.15) is 0 Å². The Hall–Kier alpha value is -2.36. The van der Waals surface area contributed by atoms with Crippen molar-refractivity contribution in [1.29, 1.82) is 0 Å². The number of rotatable bonds is 4. The van der Waals surface area contributed by atoms with Gasteiger partial charge in [-0.3, -0.25) is 4.79 Å². The Morgan fingerprint density at radius 2 is 2.00 bits per heavy atom. The SMILES string of the molecule is O=C(COc1ccccc1)Nc1ccc[nH+]c1. The third kappa shape index (κ3) is 3.61. The Kier molecular flexibility index (Phi) is 3.70. The molecule has 17 heavy (non-hydrogen) atoms. The smallest absolute Gasteiger partial charge is 0.262 e. The molecule has 0 fully saturated rings. The molecule has 0 atom stereocenters. The Bertz CT molecular complexity index is 471. The first-order valence-electron chi connectivity index (χ1n) is 5.28. The van der Waals surface area contributed by atoms with Gasteiger partial charge in [-0.1, -0.05) is 18.2 Å². The number of hydrogen-bond donors (Lipinski definition) is 1. The maximum Gasteiger partial charge on any atom is 0.262 e. The molecule has 2 N–H and O–H groups in total. The summed E-state index contributed by atoms with van der Waals surface area (Å²) in [5, 5.41) is 2.72. The van der Waals surface area contributed by atoms with E-state index in [1.807, 2.05) is 36.4 Å². The summed E-state index contributed by atoms with van der Waals surface area (Å²) in [5.74, 6) is 0.496. The highest BCUT2D eigenvalue weighted by Crippen LogP contribution is 2.08. The number of benzene rings is 1. The minimum absolute atomic E-state index is 0.00108. The first-order valence-corrected chi connectivity index (χ1v) is 5.28. The molecule has 0 radical (unpaired) electrons. The highest BCUT2D eigenvalue weighted by atomic mass is 16.5. The van der Waals surface area contributed by atoms with Crippen LogP contribution in [-0.4, -0.2) is 12.5 Å². The summed E-state index contributed by atoms with van der Waals surface area (Å²) >= 11 is 0. The van der Waals surface area contributed by atoms with Gasteiger partial charge in [0.25, 0.3) is 5.91 Å². The number of H-pyrrole nitrogens is 1. The normalized spacial score (nSPS) is 9.65. The van der Waals surface area contributed by atoms with Gasteiger partial charge in [0.05, 0.1) is 0 Å². The molecule has 2 rings (SSSR count). The topological polar surface area (TPSA) is 52.5 Å². The summed E-state index contributed by atoms with van der Waals surface area (Å²) in [7, 11) is 0. The molecule has 1 amide bonds. The molecular formula is C13H13N2O2+. The summed E-state index contributed by atoms with van der Waals surface area (Å²) in [5.41, 5.74) is 0.717. The predicted molar refractivity (Wildman–Crippen MR) is 63.6 cm³/mol. The zero-order valence-electron chi connectivity index (χ0n) is 9.22. The molecule has 2 aromatic rings. The minimum Gasteiger partial charge on any atom is -0.484 e. The fraction of sp³-hybridized carbons (Fsp3) is 0.0769. The van der Waals surface area contributed by atoms with Crippen LogP contribution in [0.1, 0.15) is 0 Å². The number of pyridine rings is 1. The number of aromatic nitrogens is 1. The first kappa shape index (κ1) is 11.1. The van der Waals surface area contributed by atoms with E-state index in [-0.39, 0.29) is 12.5 Å². The van der Waals surface area contributed by atoms with Crippen molar-refractivity contribution in [2.75, 3.05) is 11.9 Å². The fourth-order valence-corrected chi connectivity index (χ4v) is 1.33. The molecule has 1 aromatic carbocycles. The number of carbonyl (C=O) groups is 1. The van der Waals surface area contributed by atoms with Crippen molar-refractivity contribution in [2.24, 2.45) is 0 Å². The number of carbonyl (C=O) groups excluding carboxylic acids is 1. The van der Waals surface area contributed by atoms with E-state index in [0.29, 0.717) is 11.4 Å². The van der Waals surface area contributed by atoms with Gasteiger partial charge in [0.1, 0.15) is 11.4 Å². The second-order valence-electron chi connectivity index (χ2n) is 3.44. The highest BCUT2D eigenvalue weighted by Gasteiger charge is 2.04. The highest BCUT2D eigenvalue weighted by molar-refractivity contribution is 5.91. The molecule has 0 aliphatic carbocycles. The molecule has 1 heterocycles. The molecule has 0 unspecified atom stereocenters. The molecule has 0 aliphatic heterocycles. The van der Waals surface area contributed by atoms with Crippen LogP contribution in [0, 0.1) is 0 Å². The second-order valence-corrected chi connectivity index (χ2v) is 3.44. The minimum atomic E-state index is -0.187. The van der Waals surface area contributed by atoms with Crippen LogP contribution in [0.15, 0.2) is 54.9 Å². The number of para-hydroxylation sites is 1. The number of aromatic amines is 1. The summed E-state index contributed by atoms with van der Waals surface area (Å²) in [4.78, 5) is 14.4. The molecule has 0 spiro atoms. The Morgan fingerprint density at radius 3 is 2.71 bits per heavy atom. The van der Waals surface area contributed by atoms with E-state index in [2.05, 4.69) is 10.3 Å². The standard InChI is InChI=1S/C13H12N2O2/c16-13(15-11-5-4-8-14-9-11)10-17-12-6-2-1-3-7-12/h1-9H,10H2,(H,15,16)/p+1. The van der Waals surface area contributed by atoms with Crippen LogP contribution in [0.4, 0.5) is 5.69 Å². The Balaban J connectivity index is 1.83. The van der Waals surface area contributed by atoms with Crippen molar-refractivity contribution in [3.8, 4) is 5.75 Å². The van der Waals surface area contributed by atoms with Gasteiger partial charge in [0.2, 0.25) is 0 Å². The molecule has 0 saturated heterocycles. The number of amides is 1. The molecule has 1 aromatic heterocycles. The van der Waals surface area contributed by atoms with Crippen molar-refractivity contribution < 1.29 is 14.5 Å². The fourth-order valence-electron chi connectivity index (χ4n) is 1.33. The van der Waals surface area contributed by atoms with Crippen LogP contribution in [0.25, 0.3) is 0 Å². The van der Waals surface area contributed by atoms with Gasteiger partial charge in [0.15, 0.2) is 19.0 Å². The van der Waals surface area contributed by atoms with Crippen molar-refractivity contribution in [3.63, 3.8) is 0 Å². The van der Waals surface area contributed by atoms with Gasteiger partial charge in [-0.15, -0.1) is 0 Å². The summed E-state index contributed by atoms with van der Waals surface area (Å²) in [6.07, 6.45) is 3.48. The van der Waals surface area contributed by atoms with E-state index in [0.717, 1.165) is 0 Å². The van der Waals surface area contributed by atoms with Gasteiger partial charge < -0.3 is 10.1 Å². The summed E-state index contributed by atoms with van der Waals surface area (Å²) in [6, 6.07) is 12.9. The maximum absolute atomic E-state index is 11.5. The quantitative estimate of drug-likeness (QED) is 0.864. The lowest BCUT2D eigenvalue weighted by Crippen LogP contribution is -2.20. The zero-order valence-corrected chi connectivity index (χ0v) is 9.22. The average Bonchev–Trinajstić information content (AvgIpc) is 2.39. The van der Waals surface area contributed by atoms with Crippen LogP contribution in [0.2, 0.25) is 0 Å². The molecule has 0 saturated carbocycles. The van der Waals surface area contributed by atoms with Gasteiger partial charge in [0, 0.05) is 6.07 Å². The maximum atomic E-state index is 11.5. The predicted octanol–water partition coefficient (Wildman–Crippen LogP) is 1.52. The van der Waals surface area contributed by atoms with E-state index in [4.69, 9.17) is 4.74 Å². The number of ether oxygens (including phenoxy) is 1. The average molecular weight is 229 g/mol. The number of hydrogen-bond acceptors (Lipinski definition) is 2. The lowest BCUT2D eigenvalue weighted by molar-refractivity contribution is -0.377. The van der Waals surface area contributed by atoms with Crippen molar-refractivity contribution in [2.45, 2.75) is 0 Å². The van der Waals surface area contributed by atoms with Crippen LogP contribution < -0.4 is 15.0 Å². The molecular weight excluding hydrogens is 216 g/mol. The van der Waals surface area contributed by atoms with Crippen LogP contribution in [0.3, 0.4) is 0 Å². The van der Waals surface area contributed by atoms with E-state index in [1.165, 1.54) is 0 Å². The van der Waals surface area contributed by atoms with Gasteiger partial charge >= 0.3 is 0 Å². The van der Waals surface area contributed by atoms with Gasteiger partial charge in [-0.05, 0) is 18.2 Å². The zero-order chi connectivity index (χ0) is 11.9. The number of anilines is 1. The largest absolute Gasteiger partial charge is 0.484 e. The van der Waals surface area contributed by atoms with Crippen LogP contribution in [0.5, 0.6) is 5.75 Å². The Labute approximate surface area is 99.3 Å². The van der Waals surface area contributed by atoms with Crippen molar-refractivity contribution in [1.82, 2.24) is 0 Å². The monoisotopic (exact) mass is 229 g/mol. The summed E-state index contributed by atoms with van der Waals surface area (Å²) in [6.45, 7) is -0.00108. The van der Waals surface area contributed by atoms with Crippen LogP contribution in [-0.2, 0) is 4.79 Å². The molecule has 4 heteroatoms. The molecule has 4 nitrogen and oxygen atoms in total. The second kappa shape index (κ2) is 5.65. The molecule has 0 bridgehead atoms.